The molecule has 1 aliphatic carbocycles. The van der Waals surface area contributed by atoms with Crippen LogP contribution in [0.15, 0.2) is 6.07 Å². The molecule has 2 aliphatic rings. The van der Waals surface area contributed by atoms with Crippen LogP contribution >= 0.6 is 0 Å². The molecule has 6 nitrogen and oxygen atoms in total. The molecule has 1 aliphatic heterocycles. The lowest BCUT2D eigenvalue weighted by Crippen LogP contribution is -2.53. The summed E-state index contributed by atoms with van der Waals surface area (Å²) in [6.45, 7) is 3.56. The lowest BCUT2D eigenvalue weighted by Gasteiger charge is -2.44. The zero-order valence-corrected chi connectivity index (χ0v) is 11.3. The largest absolute Gasteiger partial charge is 0.374 e. The van der Waals surface area contributed by atoms with Crippen LogP contribution in [0.2, 0.25) is 0 Å². The molecule has 1 aromatic heterocycles. The quantitative estimate of drug-likeness (QED) is 0.617. The highest BCUT2D eigenvalue weighted by Gasteiger charge is 2.35. The maximum absolute atomic E-state index is 5.90. The molecular formula is C13H21N5O. The Bertz CT molecular complexity index is 451. The van der Waals surface area contributed by atoms with E-state index in [2.05, 4.69) is 20.3 Å². The summed E-state index contributed by atoms with van der Waals surface area (Å²) in [7, 11) is 0. The number of aromatic nitrogens is 2. The summed E-state index contributed by atoms with van der Waals surface area (Å²) < 4.78 is 5.90. The second kappa shape index (κ2) is 5.30. The Balaban J connectivity index is 1.89. The minimum atomic E-state index is 0.354. The molecule has 19 heavy (non-hydrogen) atoms. The summed E-state index contributed by atoms with van der Waals surface area (Å²) in [6, 6.07) is 2.37. The first-order chi connectivity index (χ1) is 9.28. The van der Waals surface area contributed by atoms with Gasteiger partial charge >= 0.3 is 0 Å². The average Bonchev–Trinajstić information content (AvgIpc) is 2.46. The summed E-state index contributed by atoms with van der Waals surface area (Å²) in [6.07, 6.45) is 5.24. The molecule has 0 bridgehead atoms. The lowest BCUT2D eigenvalue weighted by molar-refractivity contribution is -0.00900. The molecule has 2 heterocycles. The third-order valence-electron chi connectivity index (χ3n) is 4.00. The Labute approximate surface area is 113 Å². The Morgan fingerprint density at radius 2 is 2.21 bits per heavy atom. The van der Waals surface area contributed by atoms with Gasteiger partial charge in [0.15, 0.2) is 0 Å². The van der Waals surface area contributed by atoms with Crippen LogP contribution in [0.3, 0.4) is 0 Å². The van der Waals surface area contributed by atoms with Crippen LogP contribution in [0.5, 0.6) is 0 Å². The number of hydrazine groups is 1. The van der Waals surface area contributed by atoms with E-state index in [0.29, 0.717) is 18.0 Å². The number of nitrogens with two attached hydrogens (primary N) is 1. The van der Waals surface area contributed by atoms with Crippen molar-refractivity contribution in [2.45, 2.75) is 44.8 Å². The van der Waals surface area contributed by atoms with Crippen molar-refractivity contribution in [2.75, 3.05) is 23.5 Å². The summed E-state index contributed by atoms with van der Waals surface area (Å²) in [5, 5.41) is 0. The van der Waals surface area contributed by atoms with Crippen molar-refractivity contribution in [2.24, 2.45) is 5.84 Å². The molecule has 0 spiro atoms. The normalized spacial score (nSPS) is 26.9. The van der Waals surface area contributed by atoms with Crippen molar-refractivity contribution in [3.8, 4) is 0 Å². The van der Waals surface area contributed by atoms with Gasteiger partial charge in [0.2, 0.25) is 0 Å². The predicted octanol–water partition coefficient (Wildman–Crippen LogP) is 1.22. The summed E-state index contributed by atoms with van der Waals surface area (Å²) in [4.78, 5) is 11.2. The van der Waals surface area contributed by atoms with Crippen molar-refractivity contribution in [1.82, 2.24) is 9.97 Å². The number of hydrogen-bond acceptors (Lipinski definition) is 6. The third kappa shape index (κ3) is 2.50. The second-order valence-electron chi connectivity index (χ2n) is 5.26. The molecule has 1 saturated carbocycles. The molecule has 0 radical (unpaired) electrons. The molecule has 2 atom stereocenters. The van der Waals surface area contributed by atoms with Crippen LogP contribution in [0.25, 0.3) is 0 Å². The topological polar surface area (TPSA) is 76.3 Å². The minimum Gasteiger partial charge on any atom is -0.374 e. The monoisotopic (exact) mass is 263 g/mol. The van der Waals surface area contributed by atoms with E-state index in [4.69, 9.17) is 10.6 Å². The van der Waals surface area contributed by atoms with Gasteiger partial charge in [0.1, 0.15) is 17.5 Å². The van der Waals surface area contributed by atoms with Crippen LogP contribution in [-0.2, 0) is 4.74 Å². The van der Waals surface area contributed by atoms with Crippen LogP contribution in [-0.4, -0.2) is 35.3 Å². The maximum Gasteiger partial charge on any atom is 0.145 e. The fraction of sp³-hybridized carbons (Fsp3) is 0.692. The van der Waals surface area contributed by atoms with E-state index in [1.807, 2.05) is 13.0 Å². The second-order valence-corrected chi connectivity index (χ2v) is 5.26. The molecule has 2 unspecified atom stereocenters. The molecule has 0 amide bonds. The van der Waals surface area contributed by atoms with Gasteiger partial charge in [-0.15, -0.1) is 0 Å². The van der Waals surface area contributed by atoms with Crippen LogP contribution in [0, 0.1) is 6.92 Å². The highest BCUT2D eigenvalue weighted by molar-refractivity contribution is 5.50. The summed E-state index contributed by atoms with van der Waals surface area (Å²) >= 11 is 0. The van der Waals surface area contributed by atoms with Gasteiger partial charge in [0, 0.05) is 12.6 Å². The van der Waals surface area contributed by atoms with E-state index in [-0.39, 0.29) is 0 Å². The van der Waals surface area contributed by atoms with Crippen molar-refractivity contribution in [3.63, 3.8) is 0 Å². The number of aryl methyl sites for hydroxylation is 1. The number of morpholine rings is 1. The van der Waals surface area contributed by atoms with Gasteiger partial charge in [-0.05, 0) is 19.8 Å². The SMILES string of the molecule is Cc1nc(NN)cc(N2CCOC3CCCCC32)n1. The number of anilines is 2. The Kier molecular flexibility index (Phi) is 3.52. The smallest absolute Gasteiger partial charge is 0.145 e. The molecule has 104 valence electrons. The van der Waals surface area contributed by atoms with E-state index >= 15 is 0 Å². The number of fused-ring (bicyclic) bond motifs is 1. The first kappa shape index (κ1) is 12.6. The molecule has 3 N–H and O–H groups in total. The van der Waals surface area contributed by atoms with E-state index in [0.717, 1.165) is 31.2 Å². The average molecular weight is 263 g/mol. The van der Waals surface area contributed by atoms with E-state index < -0.39 is 0 Å². The number of nitrogen functional groups attached to an aromatic ring is 1. The predicted molar refractivity (Wildman–Crippen MR) is 73.9 cm³/mol. The highest BCUT2D eigenvalue weighted by atomic mass is 16.5. The standard InChI is InChI=1S/C13H21N5O/c1-9-15-12(17-14)8-13(16-9)18-6-7-19-11-5-3-2-4-10(11)18/h8,10-11H,2-7,14H2,1H3,(H,15,16,17). The van der Waals surface area contributed by atoms with Gasteiger partial charge in [0.25, 0.3) is 0 Å². The molecule has 1 aromatic rings. The molecule has 6 heteroatoms. The Hall–Kier alpha value is -1.40. The van der Waals surface area contributed by atoms with Gasteiger partial charge < -0.3 is 15.1 Å². The Morgan fingerprint density at radius 1 is 1.37 bits per heavy atom. The number of ether oxygens (including phenoxy) is 1. The number of nitrogens with zero attached hydrogens (tertiary/aromatic N) is 3. The van der Waals surface area contributed by atoms with Gasteiger partial charge in [-0.1, -0.05) is 12.8 Å². The first-order valence-corrected chi connectivity index (χ1v) is 6.98. The minimum absolute atomic E-state index is 0.354. The van der Waals surface area contributed by atoms with E-state index in [1.165, 1.54) is 19.3 Å². The number of hydrogen-bond donors (Lipinski definition) is 2. The summed E-state index contributed by atoms with van der Waals surface area (Å²) in [5.41, 5.74) is 2.61. The maximum atomic E-state index is 5.90. The first-order valence-electron chi connectivity index (χ1n) is 6.98. The van der Waals surface area contributed by atoms with Gasteiger partial charge in [-0.25, -0.2) is 15.8 Å². The lowest BCUT2D eigenvalue weighted by atomic mass is 9.90. The number of rotatable bonds is 2. The molecule has 2 fully saturated rings. The van der Waals surface area contributed by atoms with Crippen LogP contribution in [0.4, 0.5) is 11.6 Å². The molecule has 3 rings (SSSR count). The summed E-state index contributed by atoms with van der Waals surface area (Å²) in [5.74, 6) is 7.83. The molecule has 0 aromatic carbocycles. The van der Waals surface area contributed by atoms with E-state index in [1.54, 1.807) is 0 Å². The van der Waals surface area contributed by atoms with Crippen molar-refractivity contribution >= 4 is 11.6 Å². The van der Waals surface area contributed by atoms with Gasteiger partial charge in [-0.2, -0.15) is 0 Å². The highest BCUT2D eigenvalue weighted by Crippen LogP contribution is 2.31. The third-order valence-corrected chi connectivity index (χ3v) is 4.00. The fourth-order valence-corrected chi connectivity index (χ4v) is 3.15. The fourth-order valence-electron chi connectivity index (χ4n) is 3.15. The number of nitrogens with one attached hydrogen (secondary N) is 1. The van der Waals surface area contributed by atoms with Crippen molar-refractivity contribution < 1.29 is 4.74 Å². The Morgan fingerprint density at radius 3 is 3.05 bits per heavy atom. The molecule has 1 saturated heterocycles. The van der Waals surface area contributed by atoms with Crippen molar-refractivity contribution in [1.29, 1.82) is 0 Å². The van der Waals surface area contributed by atoms with Crippen LogP contribution < -0.4 is 16.2 Å². The van der Waals surface area contributed by atoms with Gasteiger partial charge in [0.05, 0.1) is 18.8 Å². The zero-order valence-electron chi connectivity index (χ0n) is 11.3. The van der Waals surface area contributed by atoms with Crippen molar-refractivity contribution in [3.05, 3.63) is 11.9 Å². The molecular weight excluding hydrogens is 242 g/mol. The van der Waals surface area contributed by atoms with Gasteiger partial charge in [-0.3, -0.25) is 0 Å². The van der Waals surface area contributed by atoms with E-state index in [9.17, 15) is 0 Å². The zero-order chi connectivity index (χ0) is 13.2. The van der Waals surface area contributed by atoms with Crippen LogP contribution in [0.1, 0.15) is 31.5 Å².